The number of nitrogens with two attached hydrogens (primary N) is 1. The van der Waals surface area contributed by atoms with E-state index in [2.05, 4.69) is 56.2 Å². The molecule has 0 amide bonds. The van der Waals surface area contributed by atoms with Crippen LogP contribution in [-0.2, 0) is 4.74 Å². The fourth-order valence-corrected chi connectivity index (χ4v) is 2.74. The van der Waals surface area contributed by atoms with Gasteiger partial charge in [0.1, 0.15) is 0 Å². The number of ether oxygens (including phenoxy) is 1. The van der Waals surface area contributed by atoms with Crippen LogP contribution in [-0.4, -0.2) is 36.7 Å². The highest BCUT2D eigenvalue weighted by atomic mass is 16.5. The normalized spacial score (nSPS) is 22.2. The maximum absolute atomic E-state index is 5.95. The molecule has 1 aromatic rings. The van der Waals surface area contributed by atoms with Crippen molar-refractivity contribution in [1.29, 1.82) is 0 Å². The molecule has 0 aromatic heterocycles. The number of morpholine rings is 1. The van der Waals surface area contributed by atoms with E-state index < -0.39 is 0 Å². The molecule has 3 N–H and O–H groups in total. The zero-order valence-corrected chi connectivity index (χ0v) is 13.0. The van der Waals surface area contributed by atoms with Crippen LogP contribution in [0.5, 0.6) is 0 Å². The number of hydrogen-bond donors (Lipinski definition) is 2. The summed E-state index contributed by atoms with van der Waals surface area (Å²) < 4.78 is 5.95. The summed E-state index contributed by atoms with van der Waals surface area (Å²) in [5.41, 5.74) is 6.74. The quantitative estimate of drug-likeness (QED) is 0.652. The number of benzene rings is 1. The Bertz CT molecular complexity index is 447. The van der Waals surface area contributed by atoms with Gasteiger partial charge >= 0.3 is 0 Å². The Morgan fingerprint density at radius 3 is 2.65 bits per heavy atom. The predicted octanol–water partition coefficient (Wildman–Crippen LogP) is 1.92. The standard InChI is InChI=1S/C16H27N3O/c1-11(2)19-7-8-20-15(10-19)16(18-17)14-6-5-12(3)13(4)9-14/h5-6,9,11,15-16,18H,7-8,10,17H2,1-4H3. The van der Waals surface area contributed by atoms with Crippen LogP contribution in [0.1, 0.15) is 36.6 Å². The SMILES string of the molecule is Cc1ccc(C(NN)C2CN(C(C)C)CCO2)cc1C. The van der Waals surface area contributed by atoms with Crippen molar-refractivity contribution in [1.82, 2.24) is 10.3 Å². The summed E-state index contributed by atoms with van der Waals surface area (Å²) in [6, 6.07) is 7.08. The molecule has 20 heavy (non-hydrogen) atoms. The van der Waals surface area contributed by atoms with E-state index in [4.69, 9.17) is 10.6 Å². The van der Waals surface area contributed by atoms with Gasteiger partial charge in [0.05, 0.1) is 18.8 Å². The summed E-state index contributed by atoms with van der Waals surface area (Å²) in [7, 11) is 0. The highest BCUT2D eigenvalue weighted by Gasteiger charge is 2.29. The molecule has 1 saturated heterocycles. The Hall–Kier alpha value is -0.940. The van der Waals surface area contributed by atoms with Crippen molar-refractivity contribution in [2.75, 3.05) is 19.7 Å². The Labute approximate surface area is 122 Å². The third kappa shape index (κ3) is 3.38. The van der Waals surface area contributed by atoms with Crippen molar-refractivity contribution in [2.45, 2.75) is 45.9 Å². The molecule has 1 aromatic carbocycles. The van der Waals surface area contributed by atoms with E-state index in [0.717, 1.165) is 19.7 Å². The van der Waals surface area contributed by atoms with Crippen molar-refractivity contribution < 1.29 is 4.74 Å². The zero-order chi connectivity index (χ0) is 14.7. The average Bonchev–Trinajstić information content (AvgIpc) is 2.44. The largest absolute Gasteiger partial charge is 0.374 e. The minimum Gasteiger partial charge on any atom is -0.374 e. The molecule has 0 saturated carbocycles. The predicted molar refractivity (Wildman–Crippen MR) is 82.4 cm³/mol. The molecule has 0 bridgehead atoms. The van der Waals surface area contributed by atoms with E-state index in [9.17, 15) is 0 Å². The Morgan fingerprint density at radius 1 is 1.30 bits per heavy atom. The molecule has 4 nitrogen and oxygen atoms in total. The number of hydrogen-bond acceptors (Lipinski definition) is 4. The molecular formula is C16H27N3O. The smallest absolute Gasteiger partial charge is 0.0909 e. The molecule has 4 heteroatoms. The summed E-state index contributed by atoms with van der Waals surface area (Å²) >= 11 is 0. The lowest BCUT2D eigenvalue weighted by Crippen LogP contribution is -2.51. The maximum atomic E-state index is 5.95. The molecule has 0 spiro atoms. The number of nitrogens with zero attached hydrogens (tertiary/aromatic N) is 1. The average molecular weight is 277 g/mol. The number of aryl methyl sites for hydroxylation is 2. The second-order valence-electron chi connectivity index (χ2n) is 5.99. The highest BCUT2D eigenvalue weighted by Crippen LogP contribution is 2.24. The van der Waals surface area contributed by atoms with Gasteiger partial charge in [0, 0.05) is 19.1 Å². The lowest BCUT2D eigenvalue weighted by Gasteiger charge is -2.39. The monoisotopic (exact) mass is 277 g/mol. The molecule has 2 atom stereocenters. The molecule has 1 aliphatic heterocycles. The summed E-state index contributed by atoms with van der Waals surface area (Å²) in [6.45, 7) is 11.4. The second-order valence-corrected chi connectivity index (χ2v) is 5.99. The molecule has 1 aliphatic rings. The molecule has 0 radical (unpaired) electrons. The van der Waals surface area contributed by atoms with Crippen molar-refractivity contribution in [3.8, 4) is 0 Å². The summed E-state index contributed by atoms with van der Waals surface area (Å²) in [5, 5.41) is 0. The summed E-state index contributed by atoms with van der Waals surface area (Å²) in [6.07, 6.45) is 0.0956. The van der Waals surface area contributed by atoms with E-state index >= 15 is 0 Å². The molecule has 0 aliphatic carbocycles. The molecule has 2 rings (SSSR count). The fourth-order valence-electron chi connectivity index (χ4n) is 2.74. The van der Waals surface area contributed by atoms with Crippen molar-refractivity contribution in [3.05, 3.63) is 34.9 Å². The van der Waals surface area contributed by atoms with Gasteiger partial charge in [-0.2, -0.15) is 0 Å². The van der Waals surface area contributed by atoms with E-state index in [1.165, 1.54) is 16.7 Å². The van der Waals surface area contributed by atoms with Crippen LogP contribution in [0.2, 0.25) is 0 Å². The van der Waals surface area contributed by atoms with E-state index in [-0.39, 0.29) is 12.1 Å². The van der Waals surface area contributed by atoms with Crippen molar-refractivity contribution in [2.24, 2.45) is 5.84 Å². The van der Waals surface area contributed by atoms with Crippen molar-refractivity contribution in [3.63, 3.8) is 0 Å². The third-order valence-electron chi connectivity index (χ3n) is 4.30. The van der Waals surface area contributed by atoms with Gasteiger partial charge in [0.15, 0.2) is 0 Å². The second kappa shape index (κ2) is 6.68. The number of hydrazine groups is 1. The van der Waals surface area contributed by atoms with Crippen LogP contribution >= 0.6 is 0 Å². The third-order valence-corrected chi connectivity index (χ3v) is 4.30. The molecule has 1 heterocycles. The van der Waals surface area contributed by atoms with Gasteiger partial charge < -0.3 is 4.74 Å². The fraction of sp³-hybridized carbons (Fsp3) is 0.625. The Kier molecular flexibility index (Phi) is 5.16. The topological polar surface area (TPSA) is 50.5 Å². The minimum absolute atomic E-state index is 0.0378. The first-order valence-electron chi connectivity index (χ1n) is 7.42. The summed E-state index contributed by atoms with van der Waals surface area (Å²) in [5.74, 6) is 5.80. The lowest BCUT2D eigenvalue weighted by molar-refractivity contribution is -0.0561. The van der Waals surface area contributed by atoms with Crippen LogP contribution in [0.15, 0.2) is 18.2 Å². The van der Waals surface area contributed by atoms with Crippen molar-refractivity contribution >= 4 is 0 Å². The van der Waals surface area contributed by atoms with Gasteiger partial charge in [-0.15, -0.1) is 0 Å². The minimum atomic E-state index is 0.0378. The number of nitrogens with one attached hydrogen (secondary N) is 1. The van der Waals surface area contributed by atoms with Crippen LogP contribution in [0.25, 0.3) is 0 Å². The van der Waals surface area contributed by atoms with E-state index in [1.54, 1.807) is 0 Å². The maximum Gasteiger partial charge on any atom is 0.0909 e. The molecule has 1 fully saturated rings. The first kappa shape index (κ1) is 15.4. The summed E-state index contributed by atoms with van der Waals surface area (Å²) in [4.78, 5) is 2.44. The van der Waals surface area contributed by atoms with Crippen LogP contribution < -0.4 is 11.3 Å². The van der Waals surface area contributed by atoms with Gasteiger partial charge in [-0.25, -0.2) is 0 Å². The first-order valence-corrected chi connectivity index (χ1v) is 7.42. The zero-order valence-electron chi connectivity index (χ0n) is 13.0. The van der Waals surface area contributed by atoms with Gasteiger partial charge in [-0.3, -0.25) is 16.2 Å². The Balaban J connectivity index is 2.16. The van der Waals surface area contributed by atoms with Gasteiger partial charge in [0.25, 0.3) is 0 Å². The lowest BCUT2D eigenvalue weighted by atomic mass is 9.96. The number of rotatable bonds is 4. The van der Waals surface area contributed by atoms with Crippen LogP contribution in [0.4, 0.5) is 0 Å². The Morgan fingerprint density at radius 2 is 2.05 bits per heavy atom. The highest BCUT2D eigenvalue weighted by molar-refractivity contribution is 5.32. The van der Waals surface area contributed by atoms with Gasteiger partial charge in [0.2, 0.25) is 0 Å². The van der Waals surface area contributed by atoms with Crippen LogP contribution in [0.3, 0.4) is 0 Å². The van der Waals surface area contributed by atoms with E-state index in [1.807, 2.05) is 0 Å². The van der Waals surface area contributed by atoms with Gasteiger partial charge in [-0.05, 0) is 44.4 Å². The first-order chi connectivity index (χ1) is 9.52. The van der Waals surface area contributed by atoms with Gasteiger partial charge in [-0.1, -0.05) is 18.2 Å². The van der Waals surface area contributed by atoms with Crippen LogP contribution in [0, 0.1) is 13.8 Å². The molecule has 2 unspecified atom stereocenters. The molecule has 112 valence electrons. The van der Waals surface area contributed by atoms with E-state index in [0.29, 0.717) is 6.04 Å². The molecular weight excluding hydrogens is 250 g/mol.